The minimum atomic E-state index is -0.851. The Labute approximate surface area is 190 Å². The first-order chi connectivity index (χ1) is 15.5. The van der Waals surface area contributed by atoms with E-state index in [4.69, 9.17) is 0 Å². The molecule has 1 aliphatic carbocycles. The first kappa shape index (κ1) is 21.9. The smallest absolute Gasteiger partial charge is 0.337 e. The molecule has 32 heavy (non-hydrogen) atoms. The second-order valence-electron chi connectivity index (χ2n) is 7.92. The SMILES string of the molecule is Cc1ccc(C(=O)Cn2c3c(s/c2=N\C(=O)C(=O)NCc2ccccc2)CCCC3)cc1. The van der Waals surface area contributed by atoms with Gasteiger partial charge in [0.05, 0.1) is 6.54 Å². The van der Waals surface area contributed by atoms with E-state index in [1.54, 1.807) is 0 Å². The molecule has 3 aromatic rings. The molecule has 0 spiro atoms. The number of aryl methyl sites for hydroxylation is 2. The number of thiazole rings is 1. The lowest BCUT2D eigenvalue weighted by molar-refractivity contribution is -0.137. The van der Waals surface area contributed by atoms with E-state index in [0.717, 1.165) is 47.4 Å². The van der Waals surface area contributed by atoms with Crippen molar-refractivity contribution in [3.8, 4) is 0 Å². The number of ketones is 1. The minimum Gasteiger partial charge on any atom is -0.344 e. The summed E-state index contributed by atoms with van der Waals surface area (Å²) in [6.07, 6.45) is 3.86. The number of rotatable bonds is 5. The van der Waals surface area contributed by atoms with Crippen molar-refractivity contribution < 1.29 is 14.4 Å². The second-order valence-corrected chi connectivity index (χ2v) is 8.98. The molecule has 1 N–H and O–H groups in total. The summed E-state index contributed by atoms with van der Waals surface area (Å²) >= 11 is 1.41. The van der Waals surface area contributed by atoms with Crippen LogP contribution in [0.1, 0.15) is 44.9 Å². The fourth-order valence-electron chi connectivity index (χ4n) is 3.75. The van der Waals surface area contributed by atoms with Gasteiger partial charge < -0.3 is 9.88 Å². The van der Waals surface area contributed by atoms with E-state index in [1.165, 1.54) is 11.3 Å². The van der Waals surface area contributed by atoms with Gasteiger partial charge in [0.25, 0.3) is 0 Å². The molecule has 1 aromatic heterocycles. The third-order valence-corrected chi connectivity index (χ3v) is 6.70. The maximum absolute atomic E-state index is 12.9. The monoisotopic (exact) mass is 447 g/mol. The highest BCUT2D eigenvalue weighted by molar-refractivity contribution is 7.09. The standard InChI is InChI=1S/C25H25N3O3S/c1-17-11-13-19(14-12-17)21(29)16-28-20-9-5-6-10-22(20)32-25(28)27-24(31)23(30)26-15-18-7-3-2-4-8-18/h2-4,7-8,11-14H,5-6,9-10,15-16H2,1H3,(H,26,30)/b27-25-. The highest BCUT2D eigenvalue weighted by Crippen LogP contribution is 2.24. The van der Waals surface area contributed by atoms with Crippen molar-refractivity contribution in [3.05, 3.63) is 86.7 Å². The Morgan fingerprint density at radius 2 is 1.72 bits per heavy atom. The van der Waals surface area contributed by atoms with Crippen LogP contribution >= 0.6 is 11.3 Å². The van der Waals surface area contributed by atoms with Gasteiger partial charge in [0.1, 0.15) is 0 Å². The molecule has 0 saturated carbocycles. The summed E-state index contributed by atoms with van der Waals surface area (Å²) in [7, 11) is 0. The highest BCUT2D eigenvalue weighted by atomic mass is 32.1. The number of hydrogen-bond donors (Lipinski definition) is 1. The summed E-state index contributed by atoms with van der Waals surface area (Å²) in [5.74, 6) is -1.65. The number of fused-ring (bicyclic) bond motifs is 1. The lowest BCUT2D eigenvalue weighted by Gasteiger charge is -2.14. The van der Waals surface area contributed by atoms with Crippen LogP contribution in [0.2, 0.25) is 0 Å². The summed E-state index contributed by atoms with van der Waals surface area (Å²) in [5, 5.41) is 2.62. The Hall–Kier alpha value is -3.32. The third-order valence-electron chi connectivity index (χ3n) is 5.52. The van der Waals surface area contributed by atoms with Crippen LogP contribution in [0, 0.1) is 6.92 Å². The molecule has 0 bridgehead atoms. The number of nitrogens with zero attached hydrogens (tertiary/aromatic N) is 2. The number of benzene rings is 2. The van der Waals surface area contributed by atoms with E-state index in [-0.39, 0.29) is 18.9 Å². The van der Waals surface area contributed by atoms with Gasteiger partial charge >= 0.3 is 11.8 Å². The van der Waals surface area contributed by atoms with Gasteiger partial charge in [-0.15, -0.1) is 11.3 Å². The number of carbonyl (C=O) groups excluding carboxylic acids is 3. The highest BCUT2D eigenvalue weighted by Gasteiger charge is 2.21. The second kappa shape index (κ2) is 9.87. The molecule has 0 fully saturated rings. The van der Waals surface area contributed by atoms with Gasteiger partial charge in [0, 0.05) is 22.7 Å². The van der Waals surface area contributed by atoms with E-state index < -0.39 is 11.8 Å². The Balaban J connectivity index is 1.57. The zero-order chi connectivity index (χ0) is 22.5. The summed E-state index contributed by atoms with van der Waals surface area (Å²) in [6, 6.07) is 16.8. The van der Waals surface area contributed by atoms with Crippen LogP contribution in [0.3, 0.4) is 0 Å². The molecule has 2 amide bonds. The molecule has 1 heterocycles. The van der Waals surface area contributed by atoms with Crippen LogP contribution in [0.25, 0.3) is 0 Å². The molecule has 0 saturated heterocycles. The Morgan fingerprint density at radius 1 is 1.00 bits per heavy atom. The van der Waals surface area contributed by atoms with Gasteiger partial charge in [-0.25, -0.2) is 0 Å². The molecular weight excluding hydrogens is 422 g/mol. The molecule has 1 aliphatic rings. The molecule has 0 radical (unpaired) electrons. The summed E-state index contributed by atoms with van der Waals surface area (Å²) in [4.78, 5) is 43.4. The van der Waals surface area contributed by atoms with Crippen LogP contribution in [0.5, 0.6) is 0 Å². The van der Waals surface area contributed by atoms with E-state index in [0.29, 0.717) is 10.4 Å². The molecule has 6 nitrogen and oxygen atoms in total. The molecule has 0 unspecified atom stereocenters. The van der Waals surface area contributed by atoms with Gasteiger partial charge in [0.2, 0.25) is 0 Å². The first-order valence-corrected chi connectivity index (χ1v) is 11.5. The van der Waals surface area contributed by atoms with Gasteiger partial charge in [0.15, 0.2) is 10.6 Å². The first-order valence-electron chi connectivity index (χ1n) is 10.7. The zero-order valence-corrected chi connectivity index (χ0v) is 18.8. The van der Waals surface area contributed by atoms with Crippen LogP contribution in [0.15, 0.2) is 59.6 Å². The van der Waals surface area contributed by atoms with Crippen LogP contribution < -0.4 is 10.1 Å². The van der Waals surface area contributed by atoms with Crippen molar-refractivity contribution in [1.82, 2.24) is 9.88 Å². The van der Waals surface area contributed by atoms with Crippen molar-refractivity contribution in [2.24, 2.45) is 4.99 Å². The van der Waals surface area contributed by atoms with Gasteiger partial charge in [-0.3, -0.25) is 14.4 Å². The maximum Gasteiger partial charge on any atom is 0.337 e. The van der Waals surface area contributed by atoms with Crippen LogP contribution in [-0.4, -0.2) is 22.2 Å². The lowest BCUT2D eigenvalue weighted by Crippen LogP contribution is -2.32. The molecule has 0 atom stereocenters. The van der Waals surface area contributed by atoms with Crippen molar-refractivity contribution in [3.63, 3.8) is 0 Å². The van der Waals surface area contributed by atoms with Gasteiger partial charge in [-0.1, -0.05) is 60.2 Å². The normalized spacial score (nSPS) is 13.5. The molecule has 4 rings (SSSR count). The number of carbonyl (C=O) groups is 3. The predicted molar refractivity (Wildman–Crippen MR) is 123 cm³/mol. The largest absolute Gasteiger partial charge is 0.344 e. The third kappa shape index (κ3) is 5.11. The lowest BCUT2D eigenvalue weighted by atomic mass is 10.0. The van der Waals surface area contributed by atoms with Crippen molar-refractivity contribution >= 4 is 28.9 Å². The fourth-order valence-corrected chi connectivity index (χ4v) is 4.96. The van der Waals surface area contributed by atoms with Crippen molar-refractivity contribution in [2.45, 2.75) is 45.7 Å². The topological polar surface area (TPSA) is 80.5 Å². The number of amides is 2. The molecule has 164 valence electrons. The van der Waals surface area contributed by atoms with Crippen LogP contribution in [0.4, 0.5) is 0 Å². The zero-order valence-electron chi connectivity index (χ0n) is 18.0. The molecular formula is C25H25N3O3S. The summed E-state index contributed by atoms with van der Waals surface area (Å²) in [5.41, 5.74) is 3.67. The van der Waals surface area contributed by atoms with E-state index in [2.05, 4.69) is 10.3 Å². The van der Waals surface area contributed by atoms with Crippen LogP contribution in [-0.2, 0) is 35.5 Å². The minimum absolute atomic E-state index is 0.0430. The maximum atomic E-state index is 12.9. The quantitative estimate of drug-likeness (QED) is 0.481. The molecule has 7 heteroatoms. The average Bonchev–Trinajstić information content (AvgIpc) is 3.15. The van der Waals surface area contributed by atoms with Gasteiger partial charge in [-0.05, 0) is 38.2 Å². The summed E-state index contributed by atoms with van der Waals surface area (Å²) in [6.45, 7) is 2.34. The number of nitrogens with one attached hydrogen (secondary N) is 1. The molecule has 0 aliphatic heterocycles. The van der Waals surface area contributed by atoms with Gasteiger partial charge in [-0.2, -0.15) is 4.99 Å². The number of aromatic nitrogens is 1. The Kier molecular flexibility index (Phi) is 6.75. The van der Waals surface area contributed by atoms with E-state index >= 15 is 0 Å². The van der Waals surface area contributed by atoms with Crippen molar-refractivity contribution in [2.75, 3.05) is 0 Å². The Morgan fingerprint density at radius 3 is 2.47 bits per heavy atom. The fraction of sp³-hybridized carbons (Fsp3) is 0.280. The number of hydrogen-bond acceptors (Lipinski definition) is 4. The van der Waals surface area contributed by atoms with E-state index in [1.807, 2.05) is 66.1 Å². The van der Waals surface area contributed by atoms with E-state index in [9.17, 15) is 14.4 Å². The Bertz CT molecular complexity index is 1210. The summed E-state index contributed by atoms with van der Waals surface area (Å²) < 4.78 is 1.82. The number of Topliss-reactive ketones (excluding diaryl/α,β-unsaturated/α-hetero) is 1. The predicted octanol–water partition coefficient (Wildman–Crippen LogP) is 3.36. The average molecular weight is 448 g/mol. The van der Waals surface area contributed by atoms with Crippen molar-refractivity contribution in [1.29, 1.82) is 0 Å². The molecule has 2 aromatic carbocycles.